The second-order valence-electron chi connectivity index (χ2n) is 4.00. The lowest BCUT2D eigenvalue weighted by Crippen LogP contribution is -2.26. The Morgan fingerprint density at radius 3 is 2.75 bits per heavy atom. The maximum atomic E-state index is 13.5. The molecular formula is C12H17FN2O4S. The van der Waals surface area contributed by atoms with Gasteiger partial charge in [-0.2, -0.15) is 0 Å². The van der Waals surface area contributed by atoms with Crippen LogP contribution in [0.15, 0.2) is 23.1 Å². The smallest absolute Gasteiger partial charge is 0.305 e. The number of carbonyl (C=O) groups is 1. The summed E-state index contributed by atoms with van der Waals surface area (Å²) in [5, 5.41) is 0. The normalized spacial score (nSPS) is 11.3. The summed E-state index contributed by atoms with van der Waals surface area (Å²) in [5.74, 6) is -1.31. The second kappa shape index (κ2) is 7.20. The van der Waals surface area contributed by atoms with Gasteiger partial charge >= 0.3 is 5.97 Å². The van der Waals surface area contributed by atoms with Crippen molar-refractivity contribution in [1.29, 1.82) is 0 Å². The average Bonchev–Trinajstić information content (AvgIpc) is 2.34. The fraction of sp³-hybridized carbons (Fsp3) is 0.417. The fourth-order valence-corrected chi connectivity index (χ4v) is 2.62. The second-order valence-corrected chi connectivity index (χ2v) is 5.73. The first-order chi connectivity index (χ1) is 9.36. The fourth-order valence-electron chi connectivity index (χ4n) is 1.49. The van der Waals surface area contributed by atoms with Gasteiger partial charge < -0.3 is 10.5 Å². The van der Waals surface area contributed by atoms with Gasteiger partial charge in [0.15, 0.2) is 0 Å². The van der Waals surface area contributed by atoms with Crippen molar-refractivity contribution in [3.05, 3.63) is 24.0 Å². The summed E-state index contributed by atoms with van der Waals surface area (Å²) in [7, 11) is -3.95. The van der Waals surface area contributed by atoms with Gasteiger partial charge in [0, 0.05) is 18.7 Å². The molecule has 0 fully saturated rings. The number of hydrogen-bond acceptors (Lipinski definition) is 5. The number of esters is 1. The monoisotopic (exact) mass is 304 g/mol. The van der Waals surface area contributed by atoms with Crippen LogP contribution in [0.3, 0.4) is 0 Å². The van der Waals surface area contributed by atoms with Crippen molar-refractivity contribution in [2.24, 2.45) is 0 Å². The lowest BCUT2D eigenvalue weighted by atomic mass is 10.3. The van der Waals surface area contributed by atoms with Crippen LogP contribution < -0.4 is 10.5 Å². The quantitative estimate of drug-likeness (QED) is 0.445. The Kier molecular flexibility index (Phi) is 5.90. The maximum absolute atomic E-state index is 13.5. The van der Waals surface area contributed by atoms with E-state index < -0.39 is 26.7 Å². The maximum Gasteiger partial charge on any atom is 0.305 e. The molecule has 0 unspecified atom stereocenters. The molecule has 1 aromatic carbocycles. The summed E-state index contributed by atoms with van der Waals surface area (Å²) < 4.78 is 44.1. The van der Waals surface area contributed by atoms with Gasteiger partial charge in [-0.05, 0) is 31.5 Å². The molecular weight excluding hydrogens is 287 g/mol. The van der Waals surface area contributed by atoms with E-state index in [4.69, 9.17) is 10.5 Å². The van der Waals surface area contributed by atoms with Gasteiger partial charge in [0.2, 0.25) is 10.0 Å². The van der Waals surface area contributed by atoms with Crippen molar-refractivity contribution < 1.29 is 22.3 Å². The summed E-state index contributed by atoms with van der Waals surface area (Å²) in [6, 6.07) is 3.34. The Morgan fingerprint density at radius 2 is 2.15 bits per heavy atom. The molecule has 0 amide bonds. The molecule has 0 aromatic heterocycles. The largest absolute Gasteiger partial charge is 0.466 e. The van der Waals surface area contributed by atoms with Crippen LogP contribution in [-0.2, 0) is 19.6 Å². The van der Waals surface area contributed by atoms with Crippen molar-refractivity contribution in [2.75, 3.05) is 18.9 Å². The summed E-state index contributed by atoms with van der Waals surface area (Å²) in [5.41, 5.74) is 5.49. The third-order valence-electron chi connectivity index (χ3n) is 2.40. The number of halogens is 1. The van der Waals surface area contributed by atoms with Crippen LogP contribution in [0.5, 0.6) is 0 Å². The van der Waals surface area contributed by atoms with Gasteiger partial charge in [0.1, 0.15) is 10.7 Å². The highest BCUT2D eigenvalue weighted by Crippen LogP contribution is 2.16. The van der Waals surface area contributed by atoms with E-state index in [1.165, 1.54) is 6.07 Å². The number of sulfonamides is 1. The minimum Gasteiger partial charge on any atom is -0.466 e. The average molecular weight is 304 g/mol. The molecule has 3 N–H and O–H groups in total. The summed E-state index contributed by atoms with van der Waals surface area (Å²) >= 11 is 0. The van der Waals surface area contributed by atoms with Crippen molar-refractivity contribution in [1.82, 2.24) is 4.72 Å². The highest BCUT2D eigenvalue weighted by Gasteiger charge is 2.18. The Labute approximate surface area is 117 Å². The lowest BCUT2D eigenvalue weighted by molar-refractivity contribution is -0.143. The number of rotatable bonds is 7. The molecule has 0 spiro atoms. The van der Waals surface area contributed by atoms with Crippen LogP contribution >= 0.6 is 0 Å². The zero-order chi connectivity index (χ0) is 15.2. The minimum atomic E-state index is -3.95. The predicted octanol–water partition coefficient (Wildman–Crippen LogP) is 1.03. The zero-order valence-electron chi connectivity index (χ0n) is 11.1. The van der Waals surface area contributed by atoms with E-state index in [9.17, 15) is 17.6 Å². The SMILES string of the molecule is CCOC(=O)CCCNS(=O)(=O)c1ccc(N)cc1F. The molecule has 0 aliphatic carbocycles. The van der Waals surface area contributed by atoms with Gasteiger partial charge in [-0.15, -0.1) is 0 Å². The highest BCUT2D eigenvalue weighted by atomic mass is 32.2. The van der Waals surface area contributed by atoms with Gasteiger partial charge in [0.25, 0.3) is 0 Å². The van der Waals surface area contributed by atoms with E-state index in [1.54, 1.807) is 6.92 Å². The summed E-state index contributed by atoms with van der Waals surface area (Å²) in [4.78, 5) is 10.6. The van der Waals surface area contributed by atoms with Crippen LogP contribution in [-0.4, -0.2) is 27.5 Å². The molecule has 0 aliphatic rings. The van der Waals surface area contributed by atoms with E-state index in [0.717, 1.165) is 12.1 Å². The number of ether oxygens (including phenoxy) is 1. The van der Waals surface area contributed by atoms with Crippen LogP contribution in [0.4, 0.5) is 10.1 Å². The van der Waals surface area contributed by atoms with Crippen LogP contribution in [0.1, 0.15) is 19.8 Å². The third-order valence-corrected chi connectivity index (χ3v) is 3.89. The Bertz CT molecular complexity index is 575. The summed E-state index contributed by atoms with van der Waals surface area (Å²) in [6.07, 6.45) is 0.370. The van der Waals surface area contributed by atoms with Gasteiger partial charge in [-0.1, -0.05) is 0 Å². The standard InChI is InChI=1S/C12H17FN2O4S/c1-2-19-12(16)4-3-7-15-20(17,18)11-6-5-9(14)8-10(11)13/h5-6,8,15H,2-4,7,14H2,1H3. The third kappa shape index (κ3) is 4.78. The molecule has 20 heavy (non-hydrogen) atoms. The minimum absolute atomic E-state index is 0.0188. The first-order valence-electron chi connectivity index (χ1n) is 6.07. The molecule has 0 heterocycles. The van der Waals surface area contributed by atoms with E-state index in [2.05, 4.69) is 4.72 Å². The number of anilines is 1. The molecule has 8 heteroatoms. The summed E-state index contributed by atoms with van der Waals surface area (Å²) in [6.45, 7) is 1.98. The first kappa shape index (κ1) is 16.4. The van der Waals surface area contributed by atoms with E-state index >= 15 is 0 Å². The number of nitrogen functional groups attached to an aromatic ring is 1. The Morgan fingerprint density at radius 1 is 1.45 bits per heavy atom. The molecule has 1 aromatic rings. The Hall–Kier alpha value is -1.67. The van der Waals surface area contributed by atoms with E-state index in [0.29, 0.717) is 0 Å². The number of nitrogens with two attached hydrogens (primary N) is 1. The molecule has 0 saturated heterocycles. The molecule has 0 aliphatic heterocycles. The zero-order valence-corrected chi connectivity index (χ0v) is 11.9. The van der Waals surface area contributed by atoms with E-state index in [1.807, 2.05) is 0 Å². The van der Waals surface area contributed by atoms with Crippen molar-refractivity contribution >= 4 is 21.7 Å². The number of carbonyl (C=O) groups excluding carboxylic acids is 1. The highest BCUT2D eigenvalue weighted by molar-refractivity contribution is 7.89. The van der Waals surface area contributed by atoms with Crippen LogP contribution in [0, 0.1) is 5.82 Å². The number of benzene rings is 1. The van der Waals surface area contributed by atoms with Gasteiger partial charge in [-0.25, -0.2) is 17.5 Å². The van der Waals surface area contributed by atoms with Crippen LogP contribution in [0.25, 0.3) is 0 Å². The molecule has 112 valence electrons. The van der Waals surface area contributed by atoms with Crippen molar-refractivity contribution in [2.45, 2.75) is 24.7 Å². The van der Waals surface area contributed by atoms with Crippen LogP contribution in [0.2, 0.25) is 0 Å². The van der Waals surface area contributed by atoms with Gasteiger partial charge in [0.05, 0.1) is 6.61 Å². The molecule has 0 saturated carbocycles. The predicted molar refractivity (Wildman–Crippen MR) is 71.9 cm³/mol. The molecule has 0 bridgehead atoms. The van der Waals surface area contributed by atoms with Gasteiger partial charge in [-0.3, -0.25) is 4.79 Å². The lowest BCUT2D eigenvalue weighted by Gasteiger charge is -2.08. The molecule has 1 rings (SSSR count). The topological polar surface area (TPSA) is 98.5 Å². The molecule has 6 nitrogen and oxygen atoms in total. The number of nitrogens with one attached hydrogen (secondary N) is 1. The Balaban J connectivity index is 2.56. The molecule has 0 radical (unpaired) electrons. The number of hydrogen-bond donors (Lipinski definition) is 2. The van der Waals surface area contributed by atoms with Crippen molar-refractivity contribution in [3.63, 3.8) is 0 Å². The first-order valence-corrected chi connectivity index (χ1v) is 7.55. The van der Waals surface area contributed by atoms with Crippen molar-refractivity contribution in [3.8, 4) is 0 Å². The molecule has 0 atom stereocenters. The van der Waals surface area contributed by atoms with E-state index in [-0.39, 0.29) is 31.7 Å².